The van der Waals surface area contributed by atoms with Gasteiger partial charge in [-0.15, -0.1) is 0 Å². The molecule has 0 amide bonds. The van der Waals surface area contributed by atoms with Gasteiger partial charge in [0, 0.05) is 0 Å². The molecule has 0 heterocycles. The number of carbonyl (C=O) groups excluding carboxylic acids is 1. The van der Waals surface area contributed by atoms with Crippen LogP contribution >= 0.6 is 11.6 Å². The molecule has 0 aliphatic carbocycles. The smallest absolute Gasteiger partial charge is 0.309 e. The van der Waals surface area contributed by atoms with Crippen LogP contribution in [0, 0.1) is 0 Å². The van der Waals surface area contributed by atoms with Crippen LogP contribution in [0.1, 0.15) is 12.5 Å². The highest BCUT2D eigenvalue weighted by atomic mass is 35.5. The number of esters is 1. The molecule has 0 saturated carbocycles. The molecule has 0 spiro atoms. The van der Waals surface area contributed by atoms with Gasteiger partial charge in [-0.3, -0.25) is 4.79 Å². The average molecular weight is 255 g/mol. The molecule has 0 unspecified atom stereocenters. The third-order valence-corrected chi connectivity index (χ3v) is 2.44. The number of ether oxygens (including phenoxy) is 2. The van der Waals surface area contributed by atoms with Crippen LogP contribution in [0.4, 0.5) is 0 Å². The Morgan fingerprint density at radius 1 is 1.47 bits per heavy atom. The summed E-state index contributed by atoms with van der Waals surface area (Å²) in [7, 11) is 1.36. The van der Waals surface area contributed by atoms with Crippen LogP contribution in [0.5, 0.6) is 5.75 Å². The zero-order chi connectivity index (χ0) is 12.7. The lowest BCUT2D eigenvalue weighted by atomic mass is 10.1. The van der Waals surface area contributed by atoms with Crippen molar-refractivity contribution in [2.45, 2.75) is 13.3 Å². The fraction of sp³-hybridized carbons (Fsp3) is 0.308. The van der Waals surface area contributed by atoms with E-state index in [0.717, 1.165) is 5.56 Å². The largest absolute Gasteiger partial charge is 0.488 e. The van der Waals surface area contributed by atoms with Gasteiger partial charge in [-0.1, -0.05) is 29.8 Å². The minimum absolute atomic E-state index is 0.214. The third-order valence-electron chi connectivity index (χ3n) is 2.14. The first kappa shape index (κ1) is 13.6. The summed E-state index contributed by atoms with van der Waals surface area (Å²) < 4.78 is 10.0. The van der Waals surface area contributed by atoms with Crippen LogP contribution in [-0.4, -0.2) is 19.7 Å². The second-order valence-electron chi connectivity index (χ2n) is 3.40. The summed E-state index contributed by atoms with van der Waals surface area (Å²) in [6.07, 6.45) is 4.00. The fourth-order valence-corrected chi connectivity index (χ4v) is 1.50. The third kappa shape index (κ3) is 4.49. The zero-order valence-corrected chi connectivity index (χ0v) is 10.7. The number of benzene rings is 1. The number of allylic oxidation sites excluding steroid dienone is 1. The van der Waals surface area contributed by atoms with Gasteiger partial charge in [-0.2, -0.15) is 0 Å². The van der Waals surface area contributed by atoms with Gasteiger partial charge < -0.3 is 9.47 Å². The second kappa shape index (κ2) is 6.97. The maximum atomic E-state index is 11.1. The number of hydrogen-bond acceptors (Lipinski definition) is 3. The lowest BCUT2D eigenvalue weighted by Crippen LogP contribution is -2.04. The Hall–Kier alpha value is -1.48. The lowest BCUT2D eigenvalue weighted by molar-refractivity contribution is -0.139. The summed E-state index contributed by atoms with van der Waals surface area (Å²) in [6, 6.07) is 5.27. The summed E-state index contributed by atoms with van der Waals surface area (Å²) >= 11 is 6.03. The van der Waals surface area contributed by atoms with Gasteiger partial charge in [0.15, 0.2) is 0 Å². The Labute approximate surface area is 106 Å². The molecule has 1 rings (SSSR count). The number of rotatable bonds is 5. The van der Waals surface area contributed by atoms with Crippen molar-refractivity contribution < 1.29 is 14.3 Å². The SMILES string of the molecule is CC=CCOc1ccc(CC(=O)OC)cc1Cl. The highest BCUT2D eigenvalue weighted by Crippen LogP contribution is 2.25. The molecule has 1 aromatic rings. The van der Waals surface area contributed by atoms with E-state index in [9.17, 15) is 4.79 Å². The van der Waals surface area contributed by atoms with Crippen molar-refractivity contribution >= 4 is 17.6 Å². The Morgan fingerprint density at radius 3 is 2.82 bits per heavy atom. The average Bonchev–Trinajstić information content (AvgIpc) is 2.32. The van der Waals surface area contributed by atoms with Gasteiger partial charge in [0.25, 0.3) is 0 Å². The van der Waals surface area contributed by atoms with Crippen LogP contribution in [0.25, 0.3) is 0 Å². The normalized spacial score (nSPS) is 10.5. The van der Waals surface area contributed by atoms with Gasteiger partial charge in [-0.05, 0) is 24.6 Å². The molecule has 0 bridgehead atoms. The van der Waals surface area contributed by atoms with E-state index >= 15 is 0 Å². The summed E-state index contributed by atoms with van der Waals surface area (Å²) in [6.45, 7) is 2.40. The summed E-state index contributed by atoms with van der Waals surface area (Å²) in [5.41, 5.74) is 0.806. The quantitative estimate of drug-likeness (QED) is 0.599. The van der Waals surface area contributed by atoms with Crippen LogP contribution in [0.2, 0.25) is 5.02 Å². The minimum Gasteiger partial charge on any atom is -0.488 e. The zero-order valence-electron chi connectivity index (χ0n) is 9.90. The second-order valence-corrected chi connectivity index (χ2v) is 3.80. The molecule has 0 saturated heterocycles. The number of carbonyl (C=O) groups is 1. The number of halogens is 1. The molecule has 0 fully saturated rings. The van der Waals surface area contributed by atoms with E-state index in [-0.39, 0.29) is 12.4 Å². The van der Waals surface area contributed by atoms with Crippen molar-refractivity contribution in [2.24, 2.45) is 0 Å². The Bertz CT molecular complexity index is 413. The summed E-state index contributed by atoms with van der Waals surface area (Å²) in [5, 5.41) is 0.496. The van der Waals surface area contributed by atoms with E-state index < -0.39 is 0 Å². The molecule has 4 heteroatoms. The fourth-order valence-electron chi connectivity index (χ4n) is 1.24. The molecule has 0 aliphatic rings. The van der Waals surface area contributed by atoms with Crippen LogP contribution in [0.15, 0.2) is 30.4 Å². The van der Waals surface area contributed by atoms with E-state index in [1.807, 2.05) is 19.1 Å². The highest BCUT2D eigenvalue weighted by Gasteiger charge is 2.06. The molecule has 0 N–H and O–H groups in total. The van der Waals surface area contributed by atoms with E-state index in [1.165, 1.54) is 7.11 Å². The molecule has 1 aromatic carbocycles. The molecule has 0 atom stereocenters. The van der Waals surface area contributed by atoms with Crippen LogP contribution in [-0.2, 0) is 16.0 Å². The summed E-state index contributed by atoms with van der Waals surface area (Å²) in [5.74, 6) is 0.321. The predicted octanol–water partition coefficient (Wildman–Crippen LogP) is 3.01. The van der Waals surface area contributed by atoms with Crippen molar-refractivity contribution in [3.8, 4) is 5.75 Å². The molecule has 17 heavy (non-hydrogen) atoms. The Balaban J connectivity index is 2.68. The van der Waals surface area contributed by atoms with Crippen LogP contribution < -0.4 is 4.74 Å². The predicted molar refractivity (Wildman–Crippen MR) is 67.5 cm³/mol. The molecule has 0 aromatic heterocycles. The topological polar surface area (TPSA) is 35.5 Å². The van der Waals surface area contributed by atoms with Crippen molar-refractivity contribution in [1.82, 2.24) is 0 Å². The first-order valence-electron chi connectivity index (χ1n) is 5.26. The summed E-state index contributed by atoms with van der Waals surface area (Å²) in [4.78, 5) is 11.1. The minimum atomic E-state index is -0.288. The van der Waals surface area contributed by atoms with Gasteiger partial charge >= 0.3 is 5.97 Å². The van der Waals surface area contributed by atoms with Gasteiger partial charge in [0.2, 0.25) is 0 Å². The standard InChI is InChI=1S/C13H15ClO3/c1-3-4-7-17-12-6-5-10(8-11(12)14)9-13(15)16-2/h3-6,8H,7,9H2,1-2H3. The van der Waals surface area contributed by atoms with Gasteiger partial charge in [0.1, 0.15) is 12.4 Å². The molecule has 0 radical (unpaired) electrons. The first-order chi connectivity index (χ1) is 8.17. The van der Waals surface area contributed by atoms with Crippen molar-refractivity contribution in [3.63, 3.8) is 0 Å². The van der Waals surface area contributed by atoms with E-state index in [2.05, 4.69) is 4.74 Å². The molecular formula is C13H15ClO3. The van der Waals surface area contributed by atoms with Crippen LogP contribution in [0.3, 0.4) is 0 Å². The maximum Gasteiger partial charge on any atom is 0.309 e. The number of hydrogen-bond donors (Lipinski definition) is 0. The van der Waals surface area contributed by atoms with Gasteiger partial charge in [0.05, 0.1) is 18.6 Å². The van der Waals surface area contributed by atoms with Crippen molar-refractivity contribution in [3.05, 3.63) is 40.9 Å². The van der Waals surface area contributed by atoms with E-state index in [1.54, 1.807) is 18.2 Å². The number of methoxy groups -OCH3 is 1. The molecule has 3 nitrogen and oxygen atoms in total. The molecule has 0 aliphatic heterocycles. The lowest BCUT2D eigenvalue weighted by Gasteiger charge is -2.07. The van der Waals surface area contributed by atoms with Crippen molar-refractivity contribution in [1.29, 1.82) is 0 Å². The Kier molecular flexibility index (Phi) is 5.57. The maximum absolute atomic E-state index is 11.1. The molecule has 92 valence electrons. The Morgan fingerprint density at radius 2 is 2.24 bits per heavy atom. The first-order valence-corrected chi connectivity index (χ1v) is 5.64. The van der Waals surface area contributed by atoms with E-state index in [4.69, 9.17) is 16.3 Å². The molecular weight excluding hydrogens is 240 g/mol. The van der Waals surface area contributed by atoms with Gasteiger partial charge in [-0.25, -0.2) is 0 Å². The highest BCUT2D eigenvalue weighted by molar-refractivity contribution is 6.32. The van der Waals surface area contributed by atoms with E-state index in [0.29, 0.717) is 17.4 Å². The monoisotopic (exact) mass is 254 g/mol. The van der Waals surface area contributed by atoms with Crippen molar-refractivity contribution in [2.75, 3.05) is 13.7 Å².